The third kappa shape index (κ3) is 2.98. The second kappa shape index (κ2) is 5.58. The Morgan fingerprint density at radius 2 is 1.86 bits per heavy atom. The SMILES string of the molecule is Cc1cnc(C(=O)NC2C[C@H]3CC[C@@H](C2)N3S(C)(=O)=O)cn1. The summed E-state index contributed by atoms with van der Waals surface area (Å²) in [7, 11) is -3.17. The van der Waals surface area contributed by atoms with E-state index >= 15 is 0 Å². The maximum atomic E-state index is 12.2. The van der Waals surface area contributed by atoms with Crippen LogP contribution in [0.4, 0.5) is 0 Å². The van der Waals surface area contributed by atoms with E-state index < -0.39 is 10.0 Å². The van der Waals surface area contributed by atoms with E-state index in [2.05, 4.69) is 15.3 Å². The van der Waals surface area contributed by atoms with E-state index in [1.54, 1.807) is 10.5 Å². The first-order chi connectivity index (χ1) is 10.3. The number of aryl methyl sites for hydroxylation is 1. The maximum absolute atomic E-state index is 12.2. The van der Waals surface area contributed by atoms with Crippen LogP contribution in [0.25, 0.3) is 0 Å². The van der Waals surface area contributed by atoms with Crippen molar-refractivity contribution in [3.05, 3.63) is 23.8 Å². The van der Waals surface area contributed by atoms with Crippen molar-refractivity contribution in [2.45, 2.75) is 50.7 Å². The van der Waals surface area contributed by atoms with Crippen molar-refractivity contribution >= 4 is 15.9 Å². The molecule has 3 heterocycles. The molecule has 1 unspecified atom stereocenters. The zero-order valence-electron chi connectivity index (χ0n) is 12.7. The van der Waals surface area contributed by atoms with Gasteiger partial charge in [0.05, 0.1) is 18.1 Å². The molecule has 8 heteroatoms. The van der Waals surface area contributed by atoms with Gasteiger partial charge in [0.15, 0.2) is 0 Å². The van der Waals surface area contributed by atoms with Gasteiger partial charge < -0.3 is 5.32 Å². The number of carbonyl (C=O) groups is 1. The fourth-order valence-electron chi connectivity index (χ4n) is 3.56. The van der Waals surface area contributed by atoms with Gasteiger partial charge in [0.25, 0.3) is 5.91 Å². The summed E-state index contributed by atoms with van der Waals surface area (Å²) in [5, 5.41) is 2.96. The predicted molar refractivity (Wildman–Crippen MR) is 80.8 cm³/mol. The average molecular weight is 324 g/mol. The molecule has 2 fully saturated rings. The van der Waals surface area contributed by atoms with Crippen LogP contribution in [0.3, 0.4) is 0 Å². The zero-order chi connectivity index (χ0) is 15.9. The molecule has 2 bridgehead atoms. The molecule has 0 saturated carbocycles. The molecule has 1 aromatic heterocycles. The van der Waals surface area contributed by atoms with Gasteiger partial charge in [-0.25, -0.2) is 13.4 Å². The summed E-state index contributed by atoms with van der Waals surface area (Å²) < 4.78 is 25.3. The van der Waals surface area contributed by atoms with Crippen LogP contribution in [0.15, 0.2) is 12.4 Å². The number of nitrogens with one attached hydrogen (secondary N) is 1. The van der Waals surface area contributed by atoms with E-state index in [-0.39, 0.29) is 24.0 Å². The summed E-state index contributed by atoms with van der Waals surface area (Å²) in [6.07, 6.45) is 7.35. The predicted octanol–water partition coefficient (Wildman–Crippen LogP) is 0.470. The third-order valence-electron chi connectivity index (χ3n) is 4.40. The molecule has 0 aromatic carbocycles. The maximum Gasteiger partial charge on any atom is 0.271 e. The molecule has 2 aliphatic heterocycles. The molecule has 2 aliphatic rings. The molecule has 0 aliphatic carbocycles. The third-order valence-corrected chi connectivity index (χ3v) is 5.76. The van der Waals surface area contributed by atoms with Crippen LogP contribution in [-0.4, -0.2) is 53.0 Å². The van der Waals surface area contributed by atoms with Crippen LogP contribution >= 0.6 is 0 Å². The number of rotatable bonds is 3. The summed E-state index contributed by atoms with van der Waals surface area (Å²) >= 11 is 0. The molecule has 120 valence electrons. The Morgan fingerprint density at radius 1 is 1.23 bits per heavy atom. The summed E-state index contributed by atoms with van der Waals surface area (Å²) in [6.45, 7) is 1.81. The first-order valence-electron chi connectivity index (χ1n) is 7.42. The fourth-order valence-corrected chi connectivity index (χ4v) is 5.03. The fraction of sp³-hybridized carbons (Fsp3) is 0.643. The highest BCUT2D eigenvalue weighted by Crippen LogP contribution is 2.37. The number of nitrogens with zero attached hydrogens (tertiary/aromatic N) is 3. The largest absolute Gasteiger partial charge is 0.348 e. The van der Waals surface area contributed by atoms with E-state index in [1.165, 1.54) is 12.5 Å². The van der Waals surface area contributed by atoms with Gasteiger partial charge in [-0.15, -0.1) is 0 Å². The Balaban J connectivity index is 1.67. The Hall–Kier alpha value is -1.54. The van der Waals surface area contributed by atoms with Crippen LogP contribution < -0.4 is 5.32 Å². The van der Waals surface area contributed by atoms with Crippen molar-refractivity contribution in [3.8, 4) is 0 Å². The summed E-state index contributed by atoms with van der Waals surface area (Å²) in [5.41, 5.74) is 1.06. The average Bonchev–Trinajstić information content (AvgIpc) is 2.72. The van der Waals surface area contributed by atoms with Gasteiger partial charge in [-0.1, -0.05) is 0 Å². The van der Waals surface area contributed by atoms with Crippen molar-refractivity contribution in [1.29, 1.82) is 0 Å². The van der Waals surface area contributed by atoms with E-state index in [1.807, 2.05) is 6.92 Å². The lowest BCUT2D eigenvalue weighted by Gasteiger charge is -2.37. The van der Waals surface area contributed by atoms with Gasteiger partial charge in [-0.3, -0.25) is 9.78 Å². The molecule has 22 heavy (non-hydrogen) atoms. The van der Waals surface area contributed by atoms with E-state index in [9.17, 15) is 13.2 Å². The smallest absolute Gasteiger partial charge is 0.271 e. The van der Waals surface area contributed by atoms with Crippen LogP contribution in [-0.2, 0) is 10.0 Å². The molecule has 1 aromatic rings. The minimum Gasteiger partial charge on any atom is -0.348 e. The van der Waals surface area contributed by atoms with Crippen LogP contribution in [0, 0.1) is 6.92 Å². The van der Waals surface area contributed by atoms with Gasteiger partial charge in [0, 0.05) is 24.3 Å². The lowest BCUT2D eigenvalue weighted by atomic mass is 9.99. The number of hydrogen-bond acceptors (Lipinski definition) is 5. The lowest BCUT2D eigenvalue weighted by molar-refractivity contribution is 0.0904. The molecule has 3 atom stereocenters. The number of aromatic nitrogens is 2. The van der Waals surface area contributed by atoms with E-state index in [0.29, 0.717) is 18.5 Å². The molecule has 0 radical (unpaired) electrons. The lowest BCUT2D eigenvalue weighted by Crippen LogP contribution is -2.52. The number of piperidine rings is 1. The monoisotopic (exact) mass is 324 g/mol. The standard InChI is InChI=1S/C14H20N4O3S/c1-9-7-16-13(8-15-9)14(19)17-10-5-11-3-4-12(6-10)18(11)22(2,20)21/h7-8,10-12H,3-6H2,1-2H3,(H,17,19)/t10?,11-,12+. The summed E-state index contributed by atoms with van der Waals surface area (Å²) in [6, 6.07) is -0.00240. The summed E-state index contributed by atoms with van der Waals surface area (Å²) in [4.78, 5) is 20.3. The first-order valence-corrected chi connectivity index (χ1v) is 9.27. The molecule has 7 nitrogen and oxygen atoms in total. The van der Waals surface area contributed by atoms with Gasteiger partial charge >= 0.3 is 0 Å². The van der Waals surface area contributed by atoms with Crippen molar-refractivity contribution < 1.29 is 13.2 Å². The minimum atomic E-state index is -3.17. The number of amides is 1. The summed E-state index contributed by atoms with van der Waals surface area (Å²) in [5.74, 6) is -0.246. The molecular formula is C14H20N4O3S. The number of hydrogen-bond donors (Lipinski definition) is 1. The van der Waals surface area contributed by atoms with Crippen molar-refractivity contribution in [2.24, 2.45) is 0 Å². The normalized spacial score (nSPS) is 28.5. The second-order valence-corrected chi connectivity index (χ2v) is 8.05. The van der Waals surface area contributed by atoms with Crippen LogP contribution in [0.2, 0.25) is 0 Å². The van der Waals surface area contributed by atoms with Gasteiger partial charge in [0.2, 0.25) is 10.0 Å². The minimum absolute atomic E-state index is 0.00292. The highest BCUT2D eigenvalue weighted by atomic mass is 32.2. The van der Waals surface area contributed by atoms with Crippen LogP contribution in [0.1, 0.15) is 41.9 Å². The highest BCUT2D eigenvalue weighted by molar-refractivity contribution is 7.88. The topological polar surface area (TPSA) is 92.3 Å². The van der Waals surface area contributed by atoms with Gasteiger partial charge in [-0.05, 0) is 32.6 Å². The highest BCUT2D eigenvalue weighted by Gasteiger charge is 2.45. The van der Waals surface area contributed by atoms with E-state index in [4.69, 9.17) is 0 Å². The van der Waals surface area contributed by atoms with Crippen molar-refractivity contribution in [1.82, 2.24) is 19.6 Å². The molecule has 1 N–H and O–H groups in total. The van der Waals surface area contributed by atoms with E-state index in [0.717, 1.165) is 18.5 Å². The van der Waals surface area contributed by atoms with Gasteiger partial charge in [-0.2, -0.15) is 4.31 Å². The Bertz CT molecular complexity index is 660. The second-order valence-electron chi connectivity index (χ2n) is 6.16. The molecule has 0 spiro atoms. The molecular weight excluding hydrogens is 304 g/mol. The van der Waals surface area contributed by atoms with Gasteiger partial charge in [0.1, 0.15) is 5.69 Å². The molecule has 3 rings (SSSR count). The Kier molecular flexibility index (Phi) is 3.90. The number of sulfonamides is 1. The number of carbonyl (C=O) groups excluding carboxylic acids is 1. The number of fused-ring (bicyclic) bond motifs is 2. The van der Waals surface area contributed by atoms with Crippen molar-refractivity contribution in [2.75, 3.05) is 6.26 Å². The first kappa shape index (κ1) is 15.4. The molecule has 1 amide bonds. The Labute approximate surface area is 130 Å². The van der Waals surface area contributed by atoms with Crippen LogP contribution in [0.5, 0.6) is 0 Å². The Morgan fingerprint density at radius 3 is 2.36 bits per heavy atom. The molecule has 2 saturated heterocycles. The quantitative estimate of drug-likeness (QED) is 0.872. The van der Waals surface area contributed by atoms with Crippen molar-refractivity contribution in [3.63, 3.8) is 0 Å². The zero-order valence-corrected chi connectivity index (χ0v) is 13.5.